The predicted octanol–water partition coefficient (Wildman–Crippen LogP) is 3.35. The topological polar surface area (TPSA) is 87.9 Å². The largest absolute Gasteiger partial charge is 0.356 e. The van der Waals surface area contributed by atoms with Crippen molar-refractivity contribution >= 4 is 0 Å². The van der Waals surface area contributed by atoms with Gasteiger partial charge in [0.05, 0.1) is 17.0 Å². The molecule has 150 valence electrons. The van der Waals surface area contributed by atoms with E-state index in [0.29, 0.717) is 18.9 Å². The van der Waals surface area contributed by atoms with Gasteiger partial charge >= 0.3 is 0 Å². The number of aromatic amines is 1. The van der Waals surface area contributed by atoms with Crippen molar-refractivity contribution in [2.75, 3.05) is 6.54 Å². The van der Waals surface area contributed by atoms with E-state index in [0.717, 1.165) is 46.8 Å². The van der Waals surface area contributed by atoms with Crippen molar-refractivity contribution < 1.29 is 4.52 Å². The predicted molar refractivity (Wildman–Crippen MR) is 113 cm³/mol. The maximum absolute atomic E-state index is 12.7. The summed E-state index contributed by atoms with van der Waals surface area (Å²) in [6, 6.07) is 13.9. The quantitative estimate of drug-likeness (QED) is 0.566. The van der Waals surface area contributed by atoms with Crippen LogP contribution in [0.25, 0.3) is 22.7 Å². The average molecular weight is 399 g/mol. The molecule has 1 aromatic carbocycles. The molecule has 0 atom stereocenters. The van der Waals surface area contributed by atoms with Crippen molar-refractivity contribution in [3.05, 3.63) is 87.7 Å². The van der Waals surface area contributed by atoms with Gasteiger partial charge in [-0.1, -0.05) is 35.0 Å². The molecule has 0 bridgehead atoms. The molecule has 1 aliphatic rings. The number of H-pyrrole nitrogens is 1. The lowest BCUT2D eigenvalue weighted by atomic mass is 10.1. The number of pyridine rings is 1. The number of aryl methyl sites for hydroxylation is 1. The maximum atomic E-state index is 12.7. The van der Waals surface area contributed by atoms with Gasteiger partial charge in [0.25, 0.3) is 5.56 Å². The van der Waals surface area contributed by atoms with Crippen LogP contribution < -0.4 is 5.56 Å². The lowest BCUT2D eigenvalue weighted by molar-refractivity contribution is 0.234. The van der Waals surface area contributed by atoms with Crippen LogP contribution in [0.4, 0.5) is 0 Å². The molecule has 7 nitrogen and oxygen atoms in total. The maximum Gasteiger partial charge on any atom is 0.255 e. The van der Waals surface area contributed by atoms with E-state index in [1.807, 2.05) is 30.3 Å². The summed E-state index contributed by atoms with van der Waals surface area (Å²) < 4.78 is 5.53. The van der Waals surface area contributed by atoms with E-state index in [2.05, 4.69) is 44.1 Å². The first-order chi connectivity index (χ1) is 14.7. The van der Waals surface area contributed by atoms with E-state index in [9.17, 15) is 4.79 Å². The van der Waals surface area contributed by atoms with Gasteiger partial charge in [-0.2, -0.15) is 0 Å². The van der Waals surface area contributed by atoms with Crippen LogP contribution in [0.5, 0.6) is 0 Å². The van der Waals surface area contributed by atoms with E-state index >= 15 is 0 Å². The molecule has 0 spiro atoms. The molecule has 0 fully saturated rings. The zero-order valence-electron chi connectivity index (χ0n) is 16.6. The highest BCUT2D eigenvalue weighted by Crippen LogP contribution is 2.23. The highest BCUT2D eigenvalue weighted by molar-refractivity contribution is 5.57. The molecule has 0 saturated carbocycles. The summed E-state index contributed by atoms with van der Waals surface area (Å²) >= 11 is 0. The van der Waals surface area contributed by atoms with Crippen LogP contribution in [0, 0.1) is 6.92 Å². The summed E-state index contributed by atoms with van der Waals surface area (Å²) in [5, 5.41) is 4.22. The Morgan fingerprint density at radius 2 is 2.03 bits per heavy atom. The van der Waals surface area contributed by atoms with Crippen molar-refractivity contribution in [3.63, 3.8) is 0 Å². The highest BCUT2D eigenvalue weighted by Gasteiger charge is 2.22. The zero-order valence-corrected chi connectivity index (χ0v) is 16.6. The molecular weight excluding hydrogens is 378 g/mol. The van der Waals surface area contributed by atoms with Gasteiger partial charge in [0.1, 0.15) is 5.82 Å². The molecule has 1 N–H and O–H groups in total. The van der Waals surface area contributed by atoms with Gasteiger partial charge in [0, 0.05) is 55.6 Å². The summed E-state index contributed by atoms with van der Waals surface area (Å²) in [4.78, 5) is 26.6. The first-order valence-corrected chi connectivity index (χ1v) is 9.93. The van der Waals surface area contributed by atoms with Crippen LogP contribution >= 0.6 is 0 Å². The molecule has 7 heteroatoms. The van der Waals surface area contributed by atoms with Gasteiger partial charge < -0.3 is 9.51 Å². The van der Waals surface area contributed by atoms with E-state index in [1.165, 1.54) is 5.56 Å². The summed E-state index contributed by atoms with van der Waals surface area (Å²) in [6.07, 6.45) is 4.12. The first kappa shape index (κ1) is 18.4. The Balaban J connectivity index is 1.33. The van der Waals surface area contributed by atoms with Crippen molar-refractivity contribution in [1.29, 1.82) is 0 Å². The van der Waals surface area contributed by atoms with Gasteiger partial charge in [-0.25, -0.2) is 4.98 Å². The Morgan fingerprint density at radius 1 is 1.17 bits per heavy atom. The van der Waals surface area contributed by atoms with Gasteiger partial charge in [-0.15, -0.1) is 0 Å². The molecule has 30 heavy (non-hydrogen) atoms. The number of benzene rings is 1. The second-order valence-electron chi connectivity index (χ2n) is 7.59. The summed E-state index contributed by atoms with van der Waals surface area (Å²) in [5.41, 5.74) is 5.36. The second kappa shape index (κ2) is 7.68. The summed E-state index contributed by atoms with van der Waals surface area (Å²) in [5.74, 6) is 1.32. The normalized spacial score (nSPS) is 13.9. The molecule has 4 aromatic rings. The minimum atomic E-state index is -0.0935. The third-order valence-electron chi connectivity index (χ3n) is 5.36. The minimum Gasteiger partial charge on any atom is -0.356 e. The fourth-order valence-electron chi connectivity index (χ4n) is 3.72. The highest BCUT2D eigenvalue weighted by atomic mass is 16.5. The molecule has 0 amide bonds. The van der Waals surface area contributed by atoms with Crippen LogP contribution in [-0.4, -0.2) is 31.6 Å². The number of rotatable bonds is 4. The van der Waals surface area contributed by atoms with Crippen molar-refractivity contribution in [1.82, 2.24) is 25.0 Å². The van der Waals surface area contributed by atoms with Crippen LogP contribution in [-0.2, 0) is 19.5 Å². The van der Waals surface area contributed by atoms with Crippen LogP contribution in [0.2, 0.25) is 0 Å². The van der Waals surface area contributed by atoms with Crippen LogP contribution in [0.3, 0.4) is 0 Å². The first-order valence-electron chi connectivity index (χ1n) is 9.93. The molecule has 0 radical (unpaired) electrons. The number of aromatic nitrogens is 4. The Hall–Kier alpha value is -3.58. The molecule has 0 saturated heterocycles. The Bertz CT molecular complexity index is 1230. The van der Waals surface area contributed by atoms with Crippen LogP contribution in [0.15, 0.2) is 64.2 Å². The Kier molecular flexibility index (Phi) is 4.72. The zero-order chi connectivity index (χ0) is 20.5. The van der Waals surface area contributed by atoms with Gasteiger partial charge in [-0.3, -0.25) is 14.7 Å². The minimum absolute atomic E-state index is 0.0935. The third-order valence-corrected chi connectivity index (χ3v) is 5.36. The van der Waals surface area contributed by atoms with Gasteiger partial charge in [0.2, 0.25) is 0 Å². The van der Waals surface area contributed by atoms with Gasteiger partial charge in [-0.05, 0) is 19.1 Å². The number of nitrogens with one attached hydrogen (secondary N) is 1. The molecule has 3 aromatic heterocycles. The molecular formula is C23H21N5O2. The molecule has 1 aliphatic heterocycles. The number of hydrogen-bond acceptors (Lipinski definition) is 6. The van der Waals surface area contributed by atoms with Crippen molar-refractivity contribution in [2.24, 2.45) is 0 Å². The van der Waals surface area contributed by atoms with Crippen molar-refractivity contribution in [2.45, 2.75) is 26.4 Å². The number of nitrogens with zero attached hydrogens (tertiary/aromatic N) is 4. The van der Waals surface area contributed by atoms with Crippen LogP contribution in [0.1, 0.15) is 22.5 Å². The third kappa shape index (κ3) is 3.67. The lowest BCUT2D eigenvalue weighted by Crippen LogP contribution is -2.35. The fraction of sp³-hybridized carbons (Fsp3) is 0.217. The summed E-state index contributed by atoms with van der Waals surface area (Å²) in [7, 11) is 0. The second-order valence-corrected chi connectivity index (χ2v) is 7.59. The molecule has 5 rings (SSSR count). The lowest BCUT2D eigenvalue weighted by Gasteiger charge is -2.26. The SMILES string of the molecule is Cc1ccc(-c2cc(CN3CCc4nc(-c5cccnc5)[nH]c(=O)c4C3)no2)cc1. The van der Waals surface area contributed by atoms with E-state index in [4.69, 9.17) is 4.52 Å². The monoisotopic (exact) mass is 399 g/mol. The van der Waals surface area contributed by atoms with Gasteiger partial charge in [0.15, 0.2) is 5.76 Å². The smallest absolute Gasteiger partial charge is 0.255 e. The molecule has 0 unspecified atom stereocenters. The molecule has 4 heterocycles. The average Bonchev–Trinajstić information content (AvgIpc) is 3.23. The Morgan fingerprint density at radius 3 is 2.83 bits per heavy atom. The summed E-state index contributed by atoms with van der Waals surface area (Å²) in [6.45, 7) is 4.03. The standard InChI is InChI=1S/C23H21N5O2/c1-15-4-6-16(7-5-15)21-11-18(27-30-21)13-28-10-8-20-19(14-28)23(29)26-22(25-20)17-3-2-9-24-12-17/h2-7,9,11-12H,8,10,13-14H2,1H3,(H,25,26,29). The van der Waals surface area contributed by atoms with E-state index < -0.39 is 0 Å². The number of hydrogen-bond donors (Lipinski definition) is 1. The number of fused-ring (bicyclic) bond motifs is 1. The van der Waals surface area contributed by atoms with E-state index in [1.54, 1.807) is 12.4 Å². The molecule has 0 aliphatic carbocycles. The Labute approximate surface area is 173 Å². The fourth-order valence-corrected chi connectivity index (χ4v) is 3.72. The van der Waals surface area contributed by atoms with Crippen molar-refractivity contribution in [3.8, 4) is 22.7 Å². The van der Waals surface area contributed by atoms with E-state index in [-0.39, 0.29) is 5.56 Å².